The van der Waals surface area contributed by atoms with Crippen LogP contribution < -0.4 is 5.46 Å². The molecule has 1 saturated carbocycles. The van der Waals surface area contributed by atoms with Gasteiger partial charge in [-0.05, 0) is 114 Å². The Labute approximate surface area is 200 Å². The molecule has 150 valence electrons. The molecule has 0 aromatic heterocycles. The van der Waals surface area contributed by atoms with Crippen molar-refractivity contribution in [2.24, 2.45) is 0 Å². The van der Waals surface area contributed by atoms with Crippen molar-refractivity contribution in [1.82, 2.24) is 0 Å². The molecule has 0 atom stereocenters. The summed E-state index contributed by atoms with van der Waals surface area (Å²) in [5.41, 5.74) is 1.72. The van der Waals surface area contributed by atoms with Crippen molar-refractivity contribution in [2.75, 3.05) is 0 Å². The first-order valence-corrected chi connectivity index (χ1v) is 11.9. The smallest absolute Gasteiger partial charge is 0.399 e. The predicted octanol–water partition coefficient (Wildman–Crippen LogP) is 7.22. The molecule has 4 rings (SSSR count). The van der Waals surface area contributed by atoms with Crippen molar-refractivity contribution < 1.29 is 9.31 Å². The van der Waals surface area contributed by atoms with Gasteiger partial charge in [-0.1, -0.05) is 41.4 Å². The molecule has 1 aliphatic carbocycles. The summed E-state index contributed by atoms with van der Waals surface area (Å²) in [6.07, 6.45) is 2.44. The third kappa shape index (κ3) is 4.92. The molecule has 0 spiro atoms. The van der Waals surface area contributed by atoms with Gasteiger partial charge in [0, 0.05) is 13.1 Å². The summed E-state index contributed by atoms with van der Waals surface area (Å²) >= 11 is 17.7. The Morgan fingerprint density at radius 2 is 1.50 bits per heavy atom. The number of halogens is 4. The SMILES string of the molecule is CC1(C)OB(c2cccc(Cl)c2C2CC2)OC1(C)C.Clc1cccc(Br)c1I. The molecule has 2 aromatic carbocycles. The Bertz CT molecular complexity index is 835. The Morgan fingerprint density at radius 3 is 2.00 bits per heavy atom. The van der Waals surface area contributed by atoms with Crippen LogP contribution in [0.5, 0.6) is 0 Å². The molecule has 1 heterocycles. The molecule has 7 heteroatoms. The maximum atomic E-state index is 6.37. The Morgan fingerprint density at radius 1 is 0.964 bits per heavy atom. The average Bonchev–Trinajstić information content (AvgIpc) is 3.40. The zero-order chi connectivity index (χ0) is 20.7. The third-order valence-electron chi connectivity index (χ3n) is 5.48. The second-order valence-electron chi connectivity index (χ2n) is 8.14. The van der Waals surface area contributed by atoms with Crippen molar-refractivity contribution in [3.8, 4) is 0 Å². The van der Waals surface area contributed by atoms with Crippen LogP contribution in [0.25, 0.3) is 0 Å². The molecule has 0 amide bonds. The topological polar surface area (TPSA) is 18.5 Å². The molecule has 0 radical (unpaired) electrons. The second kappa shape index (κ2) is 8.76. The first-order valence-electron chi connectivity index (χ1n) is 9.27. The molecule has 28 heavy (non-hydrogen) atoms. The van der Waals surface area contributed by atoms with E-state index in [9.17, 15) is 0 Å². The standard InChI is InChI=1S/C15H20BClO2.C6H3BrClI/c1-14(2)15(3,4)19-16(18-14)11-6-5-7-12(17)13(11)10-8-9-10;7-4-2-1-3-5(8)6(4)9/h5-7,10H,8-9H2,1-4H3;1-3H. The fourth-order valence-electron chi connectivity index (χ4n) is 3.01. The Balaban J connectivity index is 0.000000211. The van der Waals surface area contributed by atoms with Crippen molar-refractivity contribution in [2.45, 2.75) is 57.7 Å². The van der Waals surface area contributed by atoms with E-state index < -0.39 is 0 Å². The Hall–Kier alpha value is 0.215. The van der Waals surface area contributed by atoms with Gasteiger partial charge >= 0.3 is 7.12 Å². The van der Waals surface area contributed by atoms with E-state index >= 15 is 0 Å². The molecule has 2 aromatic rings. The van der Waals surface area contributed by atoms with Crippen molar-refractivity contribution in [1.29, 1.82) is 0 Å². The summed E-state index contributed by atoms with van der Waals surface area (Å²) in [5.74, 6) is 0.586. The number of benzene rings is 2. The van der Waals surface area contributed by atoms with E-state index in [0.29, 0.717) is 5.92 Å². The van der Waals surface area contributed by atoms with Crippen molar-refractivity contribution >= 4 is 74.3 Å². The maximum Gasteiger partial charge on any atom is 0.495 e. The van der Waals surface area contributed by atoms with Crippen LogP contribution in [-0.4, -0.2) is 18.3 Å². The lowest BCUT2D eigenvalue weighted by Crippen LogP contribution is -2.41. The van der Waals surface area contributed by atoms with E-state index in [1.807, 2.05) is 30.3 Å². The molecule has 1 saturated heterocycles. The van der Waals surface area contributed by atoms with Crippen LogP contribution in [0, 0.1) is 3.57 Å². The largest absolute Gasteiger partial charge is 0.495 e. The van der Waals surface area contributed by atoms with Crippen molar-refractivity contribution in [3.05, 3.63) is 60.0 Å². The van der Waals surface area contributed by atoms with Crippen LogP contribution in [0.1, 0.15) is 52.0 Å². The highest BCUT2D eigenvalue weighted by Crippen LogP contribution is 2.44. The van der Waals surface area contributed by atoms with Crippen LogP contribution in [0.4, 0.5) is 0 Å². The van der Waals surface area contributed by atoms with Gasteiger partial charge in [0.1, 0.15) is 0 Å². The van der Waals surface area contributed by atoms with Crippen LogP contribution in [-0.2, 0) is 9.31 Å². The minimum Gasteiger partial charge on any atom is -0.399 e. The number of hydrogen-bond donors (Lipinski definition) is 0. The van der Waals surface area contributed by atoms with Gasteiger partial charge in [-0.25, -0.2) is 0 Å². The molecular weight excluding hydrogens is 573 g/mol. The highest BCUT2D eigenvalue weighted by molar-refractivity contribution is 14.1. The lowest BCUT2D eigenvalue weighted by atomic mass is 9.75. The fourth-order valence-corrected chi connectivity index (χ4v) is 4.36. The zero-order valence-electron chi connectivity index (χ0n) is 16.4. The molecule has 0 bridgehead atoms. The van der Waals surface area contributed by atoms with Gasteiger partial charge in [-0.15, -0.1) is 0 Å². The monoisotopic (exact) mass is 594 g/mol. The van der Waals surface area contributed by atoms with E-state index in [1.165, 1.54) is 18.4 Å². The summed E-state index contributed by atoms with van der Waals surface area (Å²) < 4.78 is 14.4. The lowest BCUT2D eigenvalue weighted by Gasteiger charge is -2.32. The fraction of sp³-hybridized carbons (Fsp3) is 0.429. The van der Waals surface area contributed by atoms with Crippen LogP contribution in [0.15, 0.2) is 40.9 Å². The minimum atomic E-state index is -0.306. The second-order valence-corrected chi connectivity index (χ2v) is 10.9. The highest BCUT2D eigenvalue weighted by atomic mass is 127. The molecule has 0 N–H and O–H groups in total. The lowest BCUT2D eigenvalue weighted by molar-refractivity contribution is 0.00578. The summed E-state index contributed by atoms with van der Waals surface area (Å²) in [4.78, 5) is 0. The van der Waals surface area contributed by atoms with E-state index in [-0.39, 0.29) is 18.3 Å². The molecule has 2 nitrogen and oxygen atoms in total. The quantitative estimate of drug-likeness (QED) is 0.207. The Kier molecular flexibility index (Phi) is 7.16. The van der Waals surface area contributed by atoms with Gasteiger partial charge in [0.2, 0.25) is 0 Å². The van der Waals surface area contributed by atoms with Gasteiger partial charge in [0.15, 0.2) is 0 Å². The molecule has 0 unspecified atom stereocenters. The molecule has 2 fully saturated rings. The molecular formula is C21H23BBrCl2IO2. The third-order valence-corrected chi connectivity index (χ3v) is 9.01. The van der Waals surface area contributed by atoms with E-state index in [2.05, 4.69) is 72.3 Å². The van der Waals surface area contributed by atoms with Crippen LogP contribution in [0.2, 0.25) is 10.0 Å². The summed E-state index contributed by atoms with van der Waals surface area (Å²) in [5, 5.41) is 1.64. The van der Waals surface area contributed by atoms with Crippen molar-refractivity contribution in [3.63, 3.8) is 0 Å². The minimum absolute atomic E-state index is 0.305. The number of hydrogen-bond acceptors (Lipinski definition) is 2. The first kappa shape index (κ1) is 22.9. The normalized spacial score (nSPS) is 19.9. The van der Waals surface area contributed by atoms with Gasteiger partial charge in [0.25, 0.3) is 0 Å². The summed E-state index contributed by atoms with van der Waals surface area (Å²) in [6.45, 7) is 8.31. The van der Waals surface area contributed by atoms with E-state index in [4.69, 9.17) is 32.5 Å². The zero-order valence-corrected chi connectivity index (χ0v) is 21.6. The molecule has 2 aliphatic rings. The van der Waals surface area contributed by atoms with Crippen LogP contribution >= 0.6 is 61.7 Å². The van der Waals surface area contributed by atoms with E-state index in [1.54, 1.807) is 0 Å². The summed E-state index contributed by atoms with van der Waals surface area (Å²) in [7, 11) is -0.306. The average molecular weight is 596 g/mol. The van der Waals surface area contributed by atoms with E-state index in [0.717, 1.165) is 23.6 Å². The molecule has 1 aliphatic heterocycles. The van der Waals surface area contributed by atoms with Gasteiger partial charge in [-0.2, -0.15) is 0 Å². The van der Waals surface area contributed by atoms with Crippen LogP contribution in [0.3, 0.4) is 0 Å². The van der Waals surface area contributed by atoms with Gasteiger partial charge in [-0.3, -0.25) is 0 Å². The highest BCUT2D eigenvalue weighted by Gasteiger charge is 2.52. The predicted molar refractivity (Wildman–Crippen MR) is 131 cm³/mol. The summed E-state index contributed by atoms with van der Waals surface area (Å²) in [6, 6.07) is 11.8. The van der Waals surface area contributed by atoms with Gasteiger partial charge in [0.05, 0.1) is 16.2 Å². The number of rotatable bonds is 2. The van der Waals surface area contributed by atoms with Gasteiger partial charge < -0.3 is 9.31 Å². The first-order chi connectivity index (χ1) is 13.0. The maximum absolute atomic E-state index is 6.37.